The molecule has 0 fully saturated rings. The van der Waals surface area contributed by atoms with E-state index in [1.807, 2.05) is 0 Å². The van der Waals surface area contributed by atoms with Crippen molar-refractivity contribution in [2.24, 2.45) is 11.8 Å². The molecule has 0 aliphatic heterocycles. The second-order valence-corrected chi connectivity index (χ2v) is 5.44. The van der Waals surface area contributed by atoms with Crippen LogP contribution >= 0.6 is 0 Å². The predicted molar refractivity (Wildman–Crippen MR) is 76.3 cm³/mol. The van der Waals surface area contributed by atoms with Crippen molar-refractivity contribution in [1.29, 1.82) is 0 Å². The van der Waals surface area contributed by atoms with Crippen LogP contribution in [0.15, 0.2) is 0 Å². The zero-order valence-electron chi connectivity index (χ0n) is 12.6. The van der Waals surface area contributed by atoms with Crippen LogP contribution in [-0.2, 0) is 9.59 Å². The van der Waals surface area contributed by atoms with Crippen molar-refractivity contribution < 1.29 is 19.8 Å². The van der Waals surface area contributed by atoms with Gasteiger partial charge in [0.2, 0.25) is 0 Å². The van der Waals surface area contributed by atoms with E-state index in [1.165, 1.54) is 0 Å². The van der Waals surface area contributed by atoms with Crippen LogP contribution in [0.2, 0.25) is 0 Å². The first-order valence-corrected chi connectivity index (χ1v) is 6.90. The number of unbranched alkanes of at least 4 members (excludes halogenated alkanes) is 1. The summed E-state index contributed by atoms with van der Waals surface area (Å²) >= 11 is 0. The Morgan fingerprint density at radius 2 is 1.16 bits per heavy atom. The maximum absolute atomic E-state index is 9.90. The van der Waals surface area contributed by atoms with Gasteiger partial charge in [0.05, 0.1) is 0 Å². The van der Waals surface area contributed by atoms with E-state index in [0.29, 0.717) is 12.8 Å². The number of aliphatic carboxylic acids is 2. The van der Waals surface area contributed by atoms with Crippen LogP contribution in [-0.4, -0.2) is 35.2 Å². The van der Waals surface area contributed by atoms with Crippen LogP contribution in [0.4, 0.5) is 0 Å². The van der Waals surface area contributed by atoms with E-state index in [0.717, 1.165) is 24.9 Å². The third-order valence-electron chi connectivity index (χ3n) is 2.14. The highest BCUT2D eigenvalue weighted by atomic mass is 16.4. The second-order valence-electron chi connectivity index (χ2n) is 5.44. The van der Waals surface area contributed by atoms with Crippen molar-refractivity contribution in [3.8, 4) is 0 Å². The molecule has 19 heavy (non-hydrogen) atoms. The maximum Gasteiger partial charge on any atom is 0.303 e. The molecule has 5 nitrogen and oxygen atoms in total. The lowest BCUT2D eigenvalue weighted by molar-refractivity contribution is -0.139. The molecule has 0 saturated carbocycles. The fraction of sp³-hybridized carbons (Fsp3) is 0.857. The standard InChI is InChI=1S/C8H19N.C6H10O4/c1-7(2)5-9-6-8(3)4;7-5(8)3-1-2-4-6(9)10/h7-9H,5-6H2,1-4H3;1-4H2,(H,7,8)(H,9,10). The van der Waals surface area contributed by atoms with Gasteiger partial charge >= 0.3 is 11.9 Å². The lowest BCUT2D eigenvalue weighted by Crippen LogP contribution is -2.23. The van der Waals surface area contributed by atoms with Gasteiger partial charge in [-0.2, -0.15) is 0 Å². The zero-order chi connectivity index (χ0) is 15.3. The quantitative estimate of drug-likeness (QED) is 0.563. The minimum atomic E-state index is -0.870. The van der Waals surface area contributed by atoms with E-state index < -0.39 is 11.9 Å². The molecule has 0 rings (SSSR count). The van der Waals surface area contributed by atoms with Gasteiger partial charge in [-0.1, -0.05) is 27.7 Å². The van der Waals surface area contributed by atoms with Crippen molar-refractivity contribution in [2.75, 3.05) is 13.1 Å². The molecule has 3 N–H and O–H groups in total. The molecule has 114 valence electrons. The number of hydrogen-bond acceptors (Lipinski definition) is 3. The number of hydrogen-bond donors (Lipinski definition) is 3. The molecule has 0 unspecified atom stereocenters. The van der Waals surface area contributed by atoms with Crippen molar-refractivity contribution in [2.45, 2.75) is 53.4 Å². The molecule has 0 radical (unpaired) electrons. The van der Waals surface area contributed by atoms with Gasteiger partial charge < -0.3 is 15.5 Å². The predicted octanol–water partition coefficient (Wildman–Crippen LogP) is 2.60. The molecule has 0 aromatic carbocycles. The summed E-state index contributed by atoms with van der Waals surface area (Å²) in [6.45, 7) is 11.2. The second kappa shape index (κ2) is 13.3. The summed E-state index contributed by atoms with van der Waals surface area (Å²) in [5.41, 5.74) is 0. The molecule has 0 aliphatic carbocycles. The van der Waals surface area contributed by atoms with Gasteiger partial charge in [0.15, 0.2) is 0 Å². The first-order chi connectivity index (χ1) is 8.75. The van der Waals surface area contributed by atoms with E-state index in [1.54, 1.807) is 0 Å². The Bertz CT molecular complexity index is 216. The van der Waals surface area contributed by atoms with Gasteiger partial charge in [-0.15, -0.1) is 0 Å². The molecular formula is C14H29NO4. The molecular weight excluding hydrogens is 246 g/mol. The van der Waals surface area contributed by atoms with Gasteiger partial charge in [0.1, 0.15) is 0 Å². The van der Waals surface area contributed by atoms with E-state index >= 15 is 0 Å². The summed E-state index contributed by atoms with van der Waals surface area (Å²) in [7, 11) is 0. The highest BCUT2D eigenvalue weighted by molar-refractivity contribution is 5.67. The van der Waals surface area contributed by atoms with Crippen LogP contribution in [0.25, 0.3) is 0 Å². The van der Waals surface area contributed by atoms with E-state index in [9.17, 15) is 9.59 Å². The van der Waals surface area contributed by atoms with E-state index in [2.05, 4.69) is 33.0 Å². The SMILES string of the molecule is CC(C)CNCC(C)C.O=C(O)CCCCC(=O)O. The largest absolute Gasteiger partial charge is 0.481 e. The summed E-state index contributed by atoms with van der Waals surface area (Å²) in [5.74, 6) is -0.178. The molecule has 0 aromatic rings. The van der Waals surface area contributed by atoms with Crippen LogP contribution in [0.3, 0.4) is 0 Å². The van der Waals surface area contributed by atoms with Crippen LogP contribution in [0.1, 0.15) is 53.4 Å². The molecule has 0 saturated heterocycles. The topological polar surface area (TPSA) is 86.6 Å². The molecule has 5 heteroatoms. The number of rotatable bonds is 9. The van der Waals surface area contributed by atoms with Crippen LogP contribution < -0.4 is 5.32 Å². The first kappa shape index (κ1) is 20.2. The highest BCUT2D eigenvalue weighted by Crippen LogP contribution is 1.98. The van der Waals surface area contributed by atoms with Gasteiger partial charge in [0.25, 0.3) is 0 Å². The number of carbonyl (C=O) groups is 2. The van der Waals surface area contributed by atoms with Crippen molar-refractivity contribution in [3.05, 3.63) is 0 Å². The molecule has 0 bridgehead atoms. The molecule has 0 amide bonds. The number of carboxylic acids is 2. The van der Waals surface area contributed by atoms with Gasteiger partial charge in [-0.3, -0.25) is 9.59 Å². The molecule has 0 aromatic heterocycles. The lowest BCUT2D eigenvalue weighted by atomic mass is 10.2. The minimum absolute atomic E-state index is 0.0628. The summed E-state index contributed by atoms with van der Waals surface area (Å²) < 4.78 is 0. The van der Waals surface area contributed by atoms with Crippen molar-refractivity contribution in [1.82, 2.24) is 5.32 Å². The molecule has 0 atom stereocenters. The Balaban J connectivity index is 0. The van der Waals surface area contributed by atoms with Gasteiger partial charge in [0, 0.05) is 12.8 Å². The summed E-state index contributed by atoms with van der Waals surface area (Å²) in [6.07, 6.45) is 1.02. The zero-order valence-corrected chi connectivity index (χ0v) is 12.6. The Labute approximate surface area is 116 Å². The average Bonchev–Trinajstić information content (AvgIpc) is 2.23. The fourth-order valence-electron chi connectivity index (χ4n) is 1.21. The van der Waals surface area contributed by atoms with Crippen molar-refractivity contribution >= 4 is 11.9 Å². The van der Waals surface area contributed by atoms with Gasteiger partial charge in [-0.25, -0.2) is 0 Å². The lowest BCUT2D eigenvalue weighted by Gasteiger charge is -2.08. The normalized spacial score (nSPS) is 10.2. The van der Waals surface area contributed by atoms with Gasteiger partial charge in [-0.05, 0) is 37.8 Å². The number of nitrogens with one attached hydrogen (secondary N) is 1. The third-order valence-corrected chi connectivity index (χ3v) is 2.14. The Kier molecular flexibility index (Phi) is 14.2. The fourth-order valence-corrected chi connectivity index (χ4v) is 1.21. The monoisotopic (exact) mass is 275 g/mol. The highest BCUT2D eigenvalue weighted by Gasteiger charge is 1.99. The Morgan fingerprint density at radius 3 is 1.37 bits per heavy atom. The molecule has 0 aliphatic rings. The van der Waals surface area contributed by atoms with Crippen LogP contribution in [0, 0.1) is 11.8 Å². The third kappa shape index (κ3) is 26.5. The van der Waals surface area contributed by atoms with Crippen LogP contribution in [0.5, 0.6) is 0 Å². The Hall–Kier alpha value is -1.10. The average molecular weight is 275 g/mol. The Morgan fingerprint density at radius 1 is 0.842 bits per heavy atom. The number of carboxylic acid groups (broad SMARTS) is 2. The first-order valence-electron chi connectivity index (χ1n) is 6.90. The summed E-state index contributed by atoms with van der Waals surface area (Å²) in [6, 6.07) is 0. The molecule has 0 spiro atoms. The minimum Gasteiger partial charge on any atom is -0.481 e. The maximum atomic E-state index is 9.90. The van der Waals surface area contributed by atoms with E-state index in [4.69, 9.17) is 10.2 Å². The smallest absolute Gasteiger partial charge is 0.303 e. The summed E-state index contributed by atoms with van der Waals surface area (Å²) in [4.78, 5) is 19.8. The summed E-state index contributed by atoms with van der Waals surface area (Å²) in [5, 5.41) is 19.6. The van der Waals surface area contributed by atoms with E-state index in [-0.39, 0.29) is 12.8 Å². The van der Waals surface area contributed by atoms with Crippen molar-refractivity contribution in [3.63, 3.8) is 0 Å². The molecule has 0 heterocycles.